The van der Waals surface area contributed by atoms with Crippen molar-refractivity contribution in [2.75, 3.05) is 19.6 Å². The molecule has 1 aliphatic heterocycles. The molecule has 0 saturated carbocycles. The van der Waals surface area contributed by atoms with E-state index in [1.54, 1.807) is 0 Å². The number of likely N-dealkylation sites (tertiary alicyclic amines) is 1. The Morgan fingerprint density at radius 1 is 1.45 bits per heavy atom. The van der Waals surface area contributed by atoms with Crippen LogP contribution in [0.5, 0.6) is 0 Å². The van der Waals surface area contributed by atoms with Crippen molar-refractivity contribution in [3.63, 3.8) is 0 Å². The third-order valence-electron chi connectivity index (χ3n) is 4.18. The zero-order valence-electron chi connectivity index (χ0n) is 12.8. The minimum absolute atomic E-state index is 0.00312. The summed E-state index contributed by atoms with van der Waals surface area (Å²) >= 11 is 3.50. The summed E-state index contributed by atoms with van der Waals surface area (Å²) in [6, 6.07) is 7.80. The molecule has 1 aromatic rings. The van der Waals surface area contributed by atoms with Crippen LogP contribution in [0.15, 0.2) is 28.7 Å². The van der Waals surface area contributed by atoms with Crippen molar-refractivity contribution >= 4 is 27.7 Å². The second kappa shape index (κ2) is 7.74. The lowest BCUT2D eigenvalue weighted by atomic mass is 9.97. The first-order valence-electron chi connectivity index (χ1n) is 7.64. The molecule has 5 nitrogen and oxygen atoms in total. The monoisotopic (exact) mass is 368 g/mol. The number of hydrogen-bond donors (Lipinski definition) is 3. The molecule has 0 spiro atoms. The second-order valence-corrected chi connectivity index (χ2v) is 6.79. The number of carbonyl (C=O) groups is 2. The molecule has 0 bridgehead atoms. The number of primary amides is 1. The summed E-state index contributed by atoms with van der Waals surface area (Å²) in [5.74, 6) is -0.347. The summed E-state index contributed by atoms with van der Waals surface area (Å²) in [6.07, 6.45) is 1.78. The molecule has 4 N–H and O–H groups in total. The van der Waals surface area contributed by atoms with E-state index in [9.17, 15) is 9.59 Å². The van der Waals surface area contributed by atoms with Crippen molar-refractivity contribution in [3.05, 3.63) is 34.3 Å². The van der Waals surface area contributed by atoms with Crippen molar-refractivity contribution in [1.82, 2.24) is 5.32 Å². The summed E-state index contributed by atoms with van der Waals surface area (Å²) in [5, 5.41) is 3.02. The highest BCUT2D eigenvalue weighted by Gasteiger charge is 2.28. The van der Waals surface area contributed by atoms with Gasteiger partial charge < -0.3 is 16.0 Å². The van der Waals surface area contributed by atoms with Gasteiger partial charge in [-0.25, -0.2) is 0 Å². The van der Waals surface area contributed by atoms with Gasteiger partial charge in [0.05, 0.1) is 25.0 Å². The third-order valence-corrected chi connectivity index (χ3v) is 4.90. The fourth-order valence-electron chi connectivity index (χ4n) is 2.98. The number of nitrogens with two attached hydrogens (primary N) is 1. The van der Waals surface area contributed by atoms with Crippen LogP contribution in [0.25, 0.3) is 0 Å². The van der Waals surface area contributed by atoms with E-state index < -0.39 is 0 Å². The van der Waals surface area contributed by atoms with Gasteiger partial charge >= 0.3 is 0 Å². The Morgan fingerprint density at radius 2 is 2.18 bits per heavy atom. The van der Waals surface area contributed by atoms with E-state index in [0.29, 0.717) is 13.1 Å². The molecule has 1 unspecified atom stereocenters. The SMILES string of the molecule is C[C@H](NC(=O)C[NH+]1CCC[C@H](C(N)=O)C1)c1ccccc1Br. The van der Waals surface area contributed by atoms with Gasteiger partial charge in [-0.3, -0.25) is 9.59 Å². The second-order valence-electron chi connectivity index (χ2n) is 5.93. The fourth-order valence-corrected chi connectivity index (χ4v) is 3.61. The molecule has 0 aliphatic carbocycles. The number of benzene rings is 1. The molecule has 6 heteroatoms. The fraction of sp³-hybridized carbons (Fsp3) is 0.500. The average molecular weight is 369 g/mol. The van der Waals surface area contributed by atoms with E-state index in [2.05, 4.69) is 21.2 Å². The molecule has 1 aromatic carbocycles. The Morgan fingerprint density at radius 3 is 2.86 bits per heavy atom. The Balaban J connectivity index is 1.87. The van der Waals surface area contributed by atoms with Crippen molar-refractivity contribution < 1.29 is 14.5 Å². The first kappa shape index (κ1) is 17.0. The Bertz CT molecular complexity index is 550. The topological polar surface area (TPSA) is 76.6 Å². The van der Waals surface area contributed by atoms with Crippen LogP contribution in [0.3, 0.4) is 0 Å². The zero-order chi connectivity index (χ0) is 16.1. The molecule has 2 rings (SSSR count). The number of halogens is 1. The van der Waals surface area contributed by atoms with E-state index in [4.69, 9.17) is 5.73 Å². The average Bonchev–Trinajstić information content (AvgIpc) is 2.47. The summed E-state index contributed by atoms with van der Waals surface area (Å²) in [7, 11) is 0. The number of rotatable bonds is 5. The van der Waals surface area contributed by atoms with Crippen molar-refractivity contribution in [2.24, 2.45) is 11.7 Å². The third kappa shape index (κ3) is 4.55. The van der Waals surface area contributed by atoms with Gasteiger partial charge in [-0.15, -0.1) is 0 Å². The highest BCUT2D eigenvalue weighted by atomic mass is 79.9. The summed E-state index contributed by atoms with van der Waals surface area (Å²) < 4.78 is 0.988. The molecular weight excluding hydrogens is 346 g/mol. The van der Waals surface area contributed by atoms with Gasteiger partial charge in [0.2, 0.25) is 5.91 Å². The standard InChI is InChI=1S/C16H22BrN3O2/c1-11(13-6-2-3-7-14(13)17)19-15(21)10-20-8-4-5-12(9-20)16(18)22/h2-3,6-7,11-12H,4-5,8-10H2,1H3,(H2,18,22)(H,19,21)/p+1/t11-,12-/m0/s1. The highest BCUT2D eigenvalue weighted by Crippen LogP contribution is 2.22. The Kier molecular flexibility index (Phi) is 5.97. The number of hydrogen-bond acceptors (Lipinski definition) is 2. The lowest BCUT2D eigenvalue weighted by molar-refractivity contribution is -0.899. The van der Waals surface area contributed by atoms with E-state index in [1.807, 2.05) is 31.2 Å². The van der Waals surface area contributed by atoms with Crippen molar-refractivity contribution in [3.8, 4) is 0 Å². The smallest absolute Gasteiger partial charge is 0.275 e. The van der Waals surface area contributed by atoms with Crippen LogP contribution in [-0.4, -0.2) is 31.4 Å². The molecule has 22 heavy (non-hydrogen) atoms. The number of carbonyl (C=O) groups excluding carboxylic acids is 2. The molecule has 0 radical (unpaired) electrons. The maximum Gasteiger partial charge on any atom is 0.275 e. The van der Waals surface area contributed by atoms with Crippen LogP contribution in [0, 0.1) is 5.92 Å². The van der Waals surface area contributed by atoms with Crippen LogP contribution in [0.1, 0.15) is 31.4 Å². The van der Waals surface area contributed by atoms with Gasteiger partial charge in [0, 0.05) is 4.47 Å². The predicted octanol–water partition coefficient (Wildman–Crippen LogP) is 0.407. The minimum atomic E-state index is -0.251. The van der Waals surface area contributed by atoms with Gasteiger partial charge in [0.1, 0.15) is 0 Å². The summed E-state index contributed by atoms with van der Waals surface area (Å²) in [5.41, 5.74) is 6.43. The maximum absolute atomic E-state index is 12.2. The summed E-state index contributed by atoms with van der Waals surface area (Å²) in [4.78, 5) is 24.6. The number of nitrogens with one attached hydrogen (secondary N) is 2. The first-order chi connectivity index (χ1) is 10.5. The molecule has 3 atom stereocenters. The molecule has 120 valence electrons. The van der Waals surface area contributed by atoms with E-state index in [1.165, 1.54) is 0 Å². The van der Waals surface area contributed by atoms with Crippen LogP contribution in [0.2, 0.25) is 0 Å². The molecule has 1 heterocycles. The molecule has 1 fully saturated rings. The van der Waals surface area contributed by atoms with Crippen molar-refractivity contribution in [1.29, 1.82) is 0 Å². The van der Waals surface area contributed by atoms with Crippen LogP contribution >= 0.6 is 15.9 Å². The minimum Gasteiger partial charge on any atom is -0.369 e. The zero-order valence-corrected chi connectivity index (χ0v) is 14.4. The normalized spacial score (nSPS) is 22.8. The van der Waals surface area contributed by atoms with Gasteiger partial charge in [-0.1, -0.05) is 34.1 Å². The maximum atomic E-state index is 12.2. The highest BCUT2D eigenvalue weighted by molar-refractivity contribution is 9.10. The van der Waals surface area contributed by atoms with Gasteiger partial charge in [-0.05, 0) is 31.4 Å². The largest absolute Gasteiger partial charge is 0.369 e. The van der Waals surface area contributed by atoms with Crippen LogP contribution < -0.4 is 16.0 Å². The lowest BCUT2D eigenvalue weighted by Crippen LogP contribution is -3.15. The van der Waals surface area contributed by atoms with Crippen LogP contribution in [-0.2, 0) is 9.59 Å². The first-order valence-corrected chi connectivity index (χ1v) is 8.43. The van der Waals surface area contributed by atoms with Gasteiger partial charge in [0.25, 0.3) is 5.91 Å². The molecule has 2 amide bonds. The van der Waals surface area contributed by atoms with E-state index in [0.717, 1.165) is 34.3 Å². The van der Waals surface area contributed by atoms with Crippen LogP contribution in [0.4, 0.5) is 0 Å². The Hall–Kier alpha value is -1.40. The van der Waals surface area contributed by atoms with Gasteiger partial charge in [0.15, 0.2) is 6.54 Å². The molecule has 0 aromatic heterocycles. The quantitative estimate of drug-likeness (QED) is 0.703. The van der Waals surface area contributed by atoms with E-state index in [-0.39, 0.29) is 23.8 Å². The number of quaternary nitrogens is 1. The number of amides is 2. The van der Waals surface area contributed by atoms with E-state index >= 15 is 0 Å². The van der Waals surface area contributed by atoms with Crippen molar-refractivity contribution in [2.45, 2.75) is 25.8 Å². The lowest BCUT2D eigenvalue weighted by Gasteiger charge is -2.28. The Labute approximate surface area is 139 Å². The molecule has 1 saturated heterocycles. The predicted molar refractivity (Wildman–Crippen MR) is 88.2 cm³/mol. The van der Waals surface area contributed by atoms with Gasteiger partial charge in [-0.2, -0.15) is 0 Å². The summed E-state index contributed by atoms with van der Waals surface area (Å²) in [6.45, 7) is 3.93. The molecular formula is C16H23BrN3O2+. The number of piperidine rings is 1. The molecule has 1 aliphatic rings.